The molecule has 3 heterocycles. The molecule has 0 aromatic carbocycles. The van der Waals surface area contributed by atoms with E-state index in [0.29, 0.717) is 6.04 Å². The predicted molar refractivity (Wildman–Crippen MR) is 75.9 cm³/mol. The average molecular weight is 284 g/mol. The Hall–Kier alpha value is -0.200. The molecule has 0 amide bonds. The summed E-state index contributed by atoms with van der Waals surface area (Å²) in [4.78, 5) is 0. The van der Waals surface area contributed by atoms with E-state index in [1.165, 1.54) is 0 Å². The Labute approximate surface area is 121 Å². The van der Waals surface area contributed by atoms with Crippen LogP contribution in [0.4, 0.5) is 0 Å². The van der Waals surface area contributed by atoms with Crippen LogP contribution in [-0.4, -0.2) is 60.4 Å². The van der Waals surface area contributed by atoms with Crippen LogP contribution in [0, 0.1) is 0 Å². The summed E-state index contributed by atoms with van der Waals surface area (Å²) in [5.74, 6) is 0. The van der Waals surface area contributed by atoms with E-state index >= 15 is 0 Å². The summed E-state index contributed by atoms with van der Waals surface area (Å²) in [5.41, 5.74) is -0.193. The molecule has 5 nitrogen and oxygen atoms in total. The molecule has 3 rings (SSSR count). The molecular formula is C15H28N2O3. The molecule has 0 bridgehead atoms. The van der Waals surface area contributed by atoms with Crippen molar-refractivity contribution < 1.29 is 14.7 Å². The molecule has 0 radical (unpaired) electrons. The highest BCUT2D eigenvalue weighted by atomic mass is 16.5. The van der Waals surface area contributed by atoms with Crippen molar-refractivity contribution in [3.05, 3.63) is 0 Å². The van der Waals surface area contributed by atoms with Crippen molar-refractivity contribution in [3.63, 3.8) is 0 Å². The quantitative estimate of drug-likeness (QED) is 0.806. The van der Waals surface area contributed by atoms with Crippen molar-refractivity contribution in [1.29, 1.82) is 0 Å². The van der Waals surface area contributed by atoms with Crippen LogP contribution in [0.5, 0.6) is 0 Å². The molecule has 2 N–H and O–H groups in total. The second kappa shape index (κ2) is 5.89. The van der Waals surface area contributed by atoms with E-state index in [2.05, 4.69) is 12.2 Å². The Kier molecular flexibility index (Phi) is 4.34. The topological polar surface area (TPSA) is 54.0 Å². The largest absolute Gasteiger partial charge is 0.381 e. The molecule has 20 heavy (non-hydrogen) atoms. The van der Waals surface area contributed by atoms with Crippen LogP contribution < -0.4 is 5.32 Å². The van der Waals surface area contributed by atoms with Crippen LogP contribution in [0.15, 0.2) is 0 Å². The van der Waals surface area contributed by atoms with Crippen LogP contribution in [0.3, 0.4) is 0 Å². The molecule has 5 heteroatoms. The molecule has 3 aliphatic rings. The molecule has 0 saturated carbocycles. The van der Waals surface area contributed by atoms with Crippen molar-refractivity contribution >= 4 is 0 Å². The van der Waals surface area contributed by atoms with Crippen LogP contribution in [0.25, 0.3) is 0 Å². The molecular weight excluding hydrogens is 256 g/mol. The molecule has 3 saturated heterocycles. The fourth-order valence-electron chi connectivity index (χ4n) is 4.43. The third-order valence-corrected chi connectivity index (χ3v) is 5.49. The van der Waals surface area contributed by atoms with Gasteiger partial charge in [-0.15, -0.1) is 0 Å². The van der Waals surface area contributed by atoms with Gasteiger partial charge in [-0.25, -0.2) is 0 Å². The van der Waals surface area contributed by atoms with E-state index in [-0.39, 0.29) is 11.1 Å². The van der Waals surface area contributed by atoms with E-state index in [4.69, 9.17) is 9.47 Å². The van der Waals surface area contributed by atoms with Crippen molar-refractivity contribution in [2.24, 2.45) is 0 Å². The van der Waals surface area contributed by atoms with Crippen molar-refractivity contribution in [1.82, 2.24) is 10.4 Å². The van der Waals surface area contributed by atoms with E-state index in [9.17, 15) is 5.21 Å². The van der Waals surface area contributed by atoms with Crippen LogP contribution >= 0.6 is 0 Å². The minimum absolute atomic E-state index is 0.0966. The summed E-state index contributed by atoms with van der Waals surface area (Å²) in [7, 11) is 0. The number of nitrogens with zero attached hydrogens (tertiary/aromatic N) is 1. The first-order valence-corrected chi connectivity index (χ1v) is 8.09. The molecule has 0 unspecified atom stereocenters. The number of ether oxygens (including phenoxy) is 2. The van der Waals surface area contributed by atoms with Gasteiger partial charge in [0, 0.05) is 32.5 Å². The van der Waals surface area contributed by atoms with Gasteiger partial charge >= 0.3 is 0 Å². The van der Waals surface area contributed by atoms with Gasteiger partial charge in [-0.05, 0) is 45.1 Å². The van der Waals surface area contributed by atoms with Gasteiger partial charge in [0.25, 0.3) is 0 Å². The van der Waals surface area contributed by atoms with Gasteiger partial charge in [0.1, 0.15) is 0 Å². The number of hydrogen-bond acceptors (Lipinski definition) is 5. The highest BCUT2D eigenvalue weighted by Crippen LogP contribution is 2.46. The SMILES string of the molecule is CCNC1CC2(CCOCC2)N(O)C2(CCOCC2)C1. The summed E-state index contributed by atoms with van der Waals surface area (Å²) in [5, 5.41) is 16.4. The van der Waals surface area contributed by atoms with Crippen LogP contribution in [0.1, 0.15) is 45.4 Å². The number of rotatable bonds is 2. The number of hydrogen-bond donors (Lipinski definition) is 2. The molecule has 0 aromatic rings. The Morgan fingerprint density at radius 2 is 1.45 bits per heavy atom. The Bertz CT molecular complexity index is 297. The Balaban J connectivity index is 1.85. The first-order valence-electron chi connectivity index (χ1n) is 8.09. The standard InChI is InChI=1S/C15H28N2O3/c1-2-16-13-11-14(3-7-19-8-4-14)17(18)15(12-13)5-9-20-10-6-15/h13,16,18H,2-12H2,1H3. The van der Waals surface area contributed by atoms with E-state index in [1.807, 2.05) is 0 Å². The van der Waals surface area contributed by atoms with Gasteiger partial charge in [-0.1, -0.05) is 6.92 Å². The zero-order valence-electron chi connectivity index (χ0n) is 12.6. The third kappa shape index (κ3) is 2.50. The number of hydroxylamine groups is 2. The van der Waals surface area contributed by atoms with Crippen molar-refractivity contribution in [2.75, 3.05) is 33.0 Å². The minimum Gasteiger partial charge on any atom is -0.381 e. The molecule has 0 aliphatic carbocycles. The Morgan fingerprint density at radius 3 is 1.85 bits per heavy atom. The first kappa shape index (κ1) is 14.7. The summed E-state index contributed by atoms with van der Waals surface area (Å²) in [6.07, 6.45) is 5.82. The smallest absolute Gasteiger partial charge is 0.0525 e. The summed E-state index contributed by atoms with van der Waals surface area (Å²) in [6, 6.07) is 0.500. The monoisotopic (exact) mass is 284 g/mol. The van der Waals surface area contributed by atoms with Crippen molar-refractivity contribution in [2.45, 2.75) is 62.6 Å². The average Bonchev–Trinajstić information content (AvgIpc) is 2.47. The fraction of sp³-hybridized carbons (Fsp3) is 1.00. The summed E-state index contributed by atoms with van der Waals surface area (Å²) in [6.45, 7) is 6.23. The lowest BCUT2D eigenvalue weighted by Gasteiger charge is -2.59. The first-order chi connectivity index (χ1) is 9.71. The predicted octanol–water partition coefficient (Wildman–Crippen LogP) is 1.55. The van der Waals surface area contributed by atoms with Gasteiger partial charge in [-0.2, -0.15) is 5.06 Å². The maximum absolute atomic E-state index is 11.0. The number of nitrogens with one attached hydrogen (secondary N) is 1. The molecule has 0 aromatic heterocycles. The normalized spacial score (nSPS) is 33.6. The van der Waals surface area contributed by atoms with Gasteiger partial charge in [0.05, 0.1) is 11.1 Å². The second-order valence-electron chi connectivity index (χ2n) is 6.65. The molecule has 2 spiro atoms. The van der Waals surface area contributed by atoms with Crippen LogP contribution in [-0.2, 0) is 9.47 Å². The van der Waals surface area contributed by atoms with Crippen molar-refractivity contribution in [3.8, 4) is 0 Å². The Morgan fingerprint density at radius 1 is 1.00 bits per heavy atom. The van der Waals surface area contributed by atoms with Gasteiger partial charge in [-0.3, -0.25) is 0 Å². The minimum atomic E-state index is -0.0966. The lowest BCUT2D eigenvalue weighted by atomic mass is 9.69. The van der Waals surface area contributed by atoms with Gasteiger partial charge in [0.15, 0.2) is 0 Å². The highest BCUT2D eigenvalue weighted by Gasteiger charge is 2.54. The lowest BCUT2D eigenvalue weighted by Crippen LogP contribution is -2.69. The van der Waals surface area contributed by atoms with E-state index < -0.39 is 0 Å². The second-order valence-corrected chi connectivity index (χ2v) is 6.65. The lowest BCUT2D eigenvalue weighted by molar-refractivity contribution is -0.295. The van der Waals surface area contributed by atoms with Crippen LogP contribution in [0.2, 0.25) is 0 Å². The highest BCUT2D eigenvalue weighted by molar-refractivity contribution is 5.07. The van der Waals surface area contributed by atoms with Gasteiger partial charge < -0.3 is 20.0 Å². The van der Waals surface area contributed by atoms with Gasteiger partial charge in [0.2, 0.25) is 0 Å². The summed E-state index contributed by atoms with van der Waals surface area (Å²) >= 11 is 0. The fourth-order valence-corrected chi connectivity index (χ4v) is 4.43. The summed E-state index contributed by atoms with van der Waals surface area (Å²) < 4.78 is 11.1. The maximum atomic E-state index is 11.0. The van der Waals surface area contributed by atoms with E-state index in [1.54, 1.807) is 5.06 Å². The zero-order valence-corrected chi connectivity index (χ0v) is 12.6. The van der Waals surface area contributed by atoms with E-state index in [0.717, 1.165) is 71.5 Å². The molecule has 116 valence electrons. The zero-order chi connectivity index (χ0) is 14.1. The molecule has 3 fully saturated rings. The maximum Gasteiger partial charge on any atom is 0.0525 e. The number of piperidine rings is 1. The molecule has 0 atom stereocenters. The molecule has 3 aliphatic heterocycles. The third-order valence-electron chi connectivity index (χ3n) is 5.49.